The van der Waals surface area contributed by atoms with Crippen LogP contribution in [0.4, 0.5) is 13.2 Å². The average Bonchev–Trinajstić information content (AvgIpc) is 3.58. The van der Waals surface area contributed by atoms with Gasteiger partial charge in [-0.2, -0.15) is 13.2 Å². The molecule has 2 aromatic heterocycles. The van der Waals surface area contributed by atoms with E-state index in [1.165, 1.54) is 17.7 Å². The van der Waals surface area contributed by atoms with Crippen LogP contribution < -0.4 is 0 Å². The number of hydrogen-bond donors (Lipinski definition) is 1. The SMILES string of the molecule is Cc1ccnc2c(-c3cccc(-c4cc(-c5ccc(C(F)(F)F)cc5)cc5c4nc(-c4cc(C(C)(C)C)ccc4O)n5-c4ccc(C(C)(C)C)cc4)c3)cc(C(C)(C)C)cc12. The van der Waals surface area contributed by atoms with Crippen molar-refractivity contribution in [2.45, 2.75) is 91.7 Å². The predicted molar refractivity (Wildman–Crippen MR) is 246 cm³/mol. The third-order valence-electron chi connectivity index (χ3n) is 11.8. The first kappa shape index (κ1) is 41.5. The number of halogens is 3. The highest BCUT2D eigenvalue weighted by molar-refractivity contribution is 6.01. The normalized spacial score (nSPS) is 12.7. The van der Waals surface area contributed by atoms with Crippen molar-refractivity contribution in [2.75, 3.05) is 0 Å². The van der Waals surface area contributed by atoms with E-state index < -0.39 is 11.7 Å². The van der Waals surface area contributed by atoms with E-state index in [2.05, 4.69) is 128 Å². The van der Waals surface area contributed by atoms with Crippen LogP contribution in [0, 0.1) is 6.92 Å². The first-order valence-electron chi connectivity index (χ1n) is 20.8. The summed E-state index contributed by atoms with van der Waals surface area (Å²) in [4.78, 5) is 10.3. The Balaban J connectivity index is 1.46. The minimum atomic E-state index is -4.47. The van der Waals surface area contributed by atoms with Crippen molar-refractivity contribution in [3.05, 3.63) is 155 Å². The number of aromatic nitrogens is 3. The van der Waals surface area contributed by atoms with Crippen LogP contribution in [0.15, 0.2) is 128 Å². The zero-order valence-electron chi connectivity index (χ0n) is 36.5. The molecular weight excluding hydrogens is 764 g/mol. The maximum atomic E-state index is 13.8. The van der Waals surface area contributed by atoms with Crippen LogP contribution in [-0.4, -0.2) is 19.6 Å². The lowest BCUT2D eigenvalue weighted by Crippen LogP contribution is -2.11. The molecule has 4 nitrogen and oxygen atoms in total. The maximum absolute atomic E-state index is 13.8. The number of phenols is 1. The van der Waals surface area contributed by atoms with Gasteiger partial charge in [-0.3, -0.25) is 9.55 Å². The van der Waals surface area contributed by atoms with E-state index in [0.717, 1.165) is 78.7 Å². The molecule has 0 aliphatic carbocycles. The van der Waals surface area contributed by atoms with Gasteiger partial charge in [0.05, 0.1) is 27.7 Å². The number of imidazole rings is 1. The van der Waals surface area contributed by atoms with Gasteiger partial charge in [-0.15, -0.1) is 0 Å². The van der Waals surface area contributed by atoms with Gasteiger partial charge >= 0.3 is 6.18 Å². The van der Waals surface area contributed by atoms with E-state index >= 15 is 0 Å². The minimum absolute atomic E-state index is 0.0858. The van der Waals surface area contributed by atoms with Gasteiger partial charge in [-0.1, -0.05) is 111 Å². The van der Waals surface area contributed by atoms with Crippen LogP contribution in [0.5, 0.6) is 5.75 Å². The second-order valence-corrected chi connectivity index (χ2v) is 19.4. The molecule has 8 rings (SSSR count). The molecule has 0 atom stereocenters. The van der Waals surface area contributed by atoms with Crippen LogP contribution in [0.3, 0.4) is 0 Å². The Hall–Kier alpha value is -6.21. The summed E-state index contributed by atoms with van der Waals surface area (Å²) in [5, 5.41) is 12.7. The lowest BCUT2D eigenvalue weighted by Gasteiger charge is -2.22. The van der Waals surface area contributed by atoms with Gasteiger partial charge < -0.3 is 5.11 Å². The largest absolute Gasteiger partial charge is 0.507 e. The molecule has 0 amide bonds. The molecule has 8 aromatic rings. The third-order valence-corrected chi connectivity index (χ3v) is 11.8. The number of hydrogen-bond acceptors (Lipinski definition) is 3. The number of fused-ring (bicyclic) bond motifs is 2. The van der Waals surface area contributed by atoms with Gasteiger partial charge in [-0.05, 0) is 140 Å². The third kappa shape index (κ3) is 7.94. The highest BCUT2D eigenvalue weighted by atomic mass is 19.4. The molecule has 1 N–H and O–H groups in total. The Kier molecular flexibility index (Phi) is 10.0. The Labute approximate surface area is 356 Å². The van der Waals surface area contributed by atoms with Gasteiger partial charge in [0.25, 0.3) is 0 Å². The molecule has 0 saturated carbocycles. The van der Waals surface area contributed by atoms with E-state index in [0.29, 0.717) is 22.5 Å². The first-order valence-corrected chi connectivity index (χ1v) is 20.8. The molecule has 0 bridgehead atoms. The summed E-state index contributed by atoms with van der Waals surface area (Å²) in [5.41, 5.74) is 12.2. The van der Waals surface area contributed by atoms with Crippen LogP contribution in [0.1, 0.15) is 90.1 Å². The Morgan fingerprint density at radius 2 is 1.08 bits per heavy atom. The molecular formula is C54H52F3N3O. The monoisotopic (exact) mass is 815 g/mol. The molecule has 2 heterocycles. The van der Waals surface area contributed by atoms with Crippen molar-refractivity contribution >= 4 is 21.9 Å². The van der Waals surface area contributed by atoms with Crippen molar-refractivity contribution in [1.82, 2.24) is 14.5 Å². The molecule has 0 aliphatic rings. The summed E-state index contributed by atoms with van der Waals surface area (Å²) in [5.74, 6) is 0.642. The second kappa shape index (κ2) is 14.8. The van der Waals surface area contributed by atoms with Gasteiger partial charge in [0.2, 0.25) is 0 Å². The lowest BCUT2D eigenvalue weighted by molar-refractivity contribution is -0.137. The molecule has 0 aliphatic heterocycles. The van der Waals surface area contributed by atoms with E-state index in [1.807, 2.05) is 42.6 Å². The molecule has 6 aromatic carbocycles. The number of alkyl halides is 3. The molecule has 7 heteroatoms. The zero-order valence-corrected chi connectivity index (χ0v) is 36.5. The molecule has 310 valence electrons. The van der Waals surface area contributed by atoms with Gasteiger partial charge in [0, 0.05) is 28.4 Å². The number of benzene rings is 6. The lowest BCUT2D eigenvalue weighted by atomic mass is 9.83. The van der Waals surface area contributed by atoms with Gasteiger partial charge in [0.1, 0.15) is 11.6 Å². The second-order valence-electron chi connectivity index (χ2n) is 19.4. The first-order chi connectivity index (χ1) is 28.6. The van der Waals surface area contributed by atoms with E-state index in [4.69, 9.17) is 9.97 Å². The molecule has 0 spiro atoms. The van der Waals surface area contributed by atoms with Crippen molar-refractivity contribution in [3.63, 3.8) is 0 Å². The Morgan fingerprint density at radius 1 is 0.508 bits per heavy atom. The number of rotatable bonds is 5. The zero-order chi connectivity index (χ0) is 43.8. The summed E-state index contributed by atoms with van der Waals surface area (Å²) in [6.45, 7) is 21.7. The summed E-state index contributed by atoms with van der Waals surface area (Å²) < 4.78 is 43.5. The predicted octanol–water partition coefficient (Wildman–Crippen LogP) is 15.2. The summed E-state index contributed by atoms with van der Waals surface area (Å²) >= 11 is 0. The summed E-state index contributed by atoms with van der Waals surface area (Å²) in [6, 6.07) is 38.3. The van der Waals surface area contributed by atoms with Crippen LogP contribution in [0.25, 0.3) is 72.4 Å². The fourth-order valence-corrected chi connectivity index (χ4v) is 8.04. The number of phenolic OH excluding ortho intramolecular Hbond substituents is 1. The van der Waals surface area contributed by atoms with E-state index in [9.17, 15) is 18.3 Å². The molecule has 0 saturated heterocycles. The van der Waals surface area contributed by atoms with E-state index in [1.54, 1.807) is 6.07 Å². The number of nitrogens with zero attached hydrogens (tertiary/aromatic N) is 3. The van der Waals surface area contributed by atoms with Gasteiger partial charge in [-0.25, -0.2) is 4.98 Å². The number of aromatic hydroxyl groups is 1. The highest BCUT2D eigenvalue weighted by Crippen LogP contribution is 2.43. The highest BCUT2D eigenvalue weighted by Gasteiger charge is 2.30. The van der Waals surface area contributed by atoms with Crippen molar-refractivity contribution in [3.8, 4) is 56.2 Å². The molecule has 0 unspecified atom stereocenters. The Morgan fingerprint density at radius 3 is 1.69 bits per heavy atom. The minimum Gasteiger partial charge on any atom is -0.507 e. The quantitative estimate of drug-likeness (QED) is 0.188. The smallest absolute Gasteiger partial charge is 0.416 e. The molecule has 61 heavy (non-hydrogen) atoms. The number of aryl methyl sites for hydroxylation is 1. The van der Waals surface area contributed by atoms with Crippen molar-refractivity contribution in [2.24, 2.45) is 0 Å². The fraction of sp³-hybridized carbons (Fsp3) is 0.259. The standard InChI is InChI=1S/C54H52F3N3O/c1-32-24-25-58-48-42(32)30-40(53(8,9)10)31-44(48)35-13-11-12-34(26-35)43-27-36(33-14-16-38(17-15-33)54(55,56)57)28-46-49(43)59-50(45-29-39(52(5,6)7)20-23-47(45)61)60(46)41-21-18-37(19-22-41)51(2,3)4/h11-31,61H,1-10H3. The van der Waals surface area contributed by atoms with Crippen molar-refractivity contribution < 1.29 is 18.3 Å². The maximum Gasteiger partial charge on any atom is 0.416 e. The van der Waals surface area contributed by atoms with Crippen molar-refractivity contribution in [1.29, 1.82) is 0 Å². The summed E-state index contributed by atoms with van der Waals surface area (Å²) in [6.07, 6.45) is -2.61. The Bertz CT molecular complexity index is 2950. The van der Waals surface area contributed by atoms with Gasteiger partial charge in [0.15, 0.2) is 0 Å². The van der Waals surface area contributed by atoms with Crippen LogP contribution >= 0.6 is 0 Å². The molecule has 0 radical (unpaired) electrons. The average molecular weight is 816 g/mol. The fourth-order valence-electron chi connectivity index (χ4n) is 8.04. The topological polar surface area (TPSA) is 50.9 Å². The van der Waals surface area contributed by atoms with Crippen LogP contribution in [0.2, 0.25) is 0 Å². The summed E-state index contributed by atoms with van der Waals surface area (Å²) in [7, 11) is 0. The molecule has 0 fully saturated rings. The van der Waals surface area contributed by atoms with E-state index in [-0.39, 0.29) is 22.0 Å². The number of pyridine rings is 1. The van der Waals surface area contributed by atoms with Crippen LogP contribution in [-0.2, 0) is 22.4 Å².